The van der Waals surface area contributed by atoms with E-state index in [9.17, 15) is 8.42 Å². The summed E-state index contributed by atoms with van der Waals surface area (Å²) in [5, 5.41) is 0. The fourth-order valence-corrected chi connectivity index (χ4v) is 3.91. The molecule has 2 heterocycles. The van der Waals surface area contributed by atoms with Crippen LogP contribution in [0.25, 0.3) is 0 Å². The Morgan fingerprint density at radius 3 is 2.20 bits per heavy atom. The molecule has 1 N–H and O–H groups in total. The minimum atomic E-state index is -3.68. The van der Waals surface area contributed by atoms with Crippen LogP contribution < -0.4 is 9.46 Å². The summed E-state index contributed by atoms with van der Waals surface area (Å²) in [6, 6.07) is 11.9. The summed E-state index contributed by atoms with van der Waals surface area (Å²) in [5.74, 6) is 1.52. The molecule has 1 aromatic carbocycles. The third kappa shape index (κ3) is 3.78. The zero-order chi connectivity index (χ0) is 17.9. The normalized spacial score (nSPS) is 11.8. The Morgan fingerprint density at radius 1 is 1.08 bits per heavy atom. The van der Waals surface area contributed by atoms with Crippen molar-refractivity contribution in [3.63, 3.8) is 0 Å². The SMILES string of the molecule is COc1ccc(S(=O)(=O)NCC(c2ccco2)c2ccco2)c(C)c1. The van der Waals surface area contributed by atoms with Gasteiger partial charge in [-0.15, -0.1) is 0 Å². The van der Waals surface area contributed by atoms with Crippen LogP contribution in [-0.2, 0) is 10.0 Å². The van der Waals surface area contributed by atoms with Gasteiger partial charge >= 0.3 is 0 Å². The molecule has 25 heavy (non-hydrogen) atoms. The van der Waals surface area contributed by atoms with Gasteiger partial charge in [0.25, 0.3) is 0 Å². The van der Waals surface area contributed by atoms with Gasteiger partial charge in [-0.05, 0) is 55.0 Å². The molecule has 0 aliphatic heterocycles. The summed E-state index contributed by atoms with van der Waals surface area (Å²) in [6.07, 6.45) is 3.10. The molecule has 2 aromatic heterocycles. The van der Waals surface area contributed by atoms with Crippen LogP contribution in [0.4, 0.5) is 0 Å². The third-order valence-electron chi connectivity index (χ3n) is 3.92. The highest BCUT2D eigenvalue weighted by Crippen LogP contribution is 2.26. The fourth-order valence-electron chi connectivity index (χ4n) is 2.64. The lowest BCUT2D eigenvalue weighted by Crippen LogP contribution is -2.29. The van der Waals surface area contributed by atoms with E-state index >= 15 is 0 Å². The maximum Gasteiger partial charge on any atom is 0.240 e. The van der Waals surface area contributed by atoms with Crippen LogP contribution >= 0.6 is 0 Å². The van der Waals surface area contributed by atoms with Crippen LogP contribution in [0.3, 0.4) is 0 Å². The molecule has 0 amide bonds. The Balaban J connectivity index is 1.83. The number of benzene rings is 1. The number of ether oxygens (including phenoxy) is 1. The van der Waals surface area contributed by atoms with E-state index in [0.717, 1.165) is 0 Å². The second-order valence-electron chi connectivity index (χ2n) is 5.57. The molecule has 0 saturated carbocycles. The summed E-state index contributed by atoms with van der Waals surface area (Å²) < 4.78 is 44.0. The highest BCUT2D eigenvalue weighted by Gasteiger charge is 2.24. The average molecular weight is 361 g/mol. The summed E-state index contributed by atoms with van der Waals surface area (Å²) in [7, 11) is -2.14. The first kappa shape index (κ1) is 17.3. The predicted molar refractivity (Wildman–Crippen MR) is 92.2 cm³/mol. The van der Waals surface area contributed by atoms with Crippen molar-refractivity contribution in [2.75, 3.05) is 13.7 Å². The summed E-state index contributed by atoms with van der Waals surface area (Å²) in [5.41, 5.74) is 0.611. The minimum absolute atomic E-state index is 0.120. The van der Waals surface area contributed by atoms with E-state index in [1.165, 1.54) is 6.07 Å². The number of rotatable bonds is 7. The maximum absolute atomic E-state index is 12.7. The third-order valence-corrected chi connectivity index (χ3v) is 5.51. The second-order valence-corrected chi connectivity index (χ2v) is 7.30. The molecular formula is C18H19NO5S. The molecule has 132 valence electrons. The number of sulfonamides is 1. The van der Waals surface area contributed by atoms with E-state index in [1.54, 1.807) is 63.0 Å². The minimum Gasteiger partial charge on any atom is -0.497 e. The molecule has 0 aliphatic carbocycles. The zero-order valence-electron chi connectivity index (χ0n) is 13.9. The molecule has 0 saturated heterocycles. The van der Waals surface area contributed by atoms with Gasteiger partial charge in [0.2, 0.25) is 10.0 Å². The van der Waals surface area contributed by atoms with Crippen LogP contribution in [-0.4, -0.2) is 22.1 Å². The van der Waals surface area contributed by atoms with E-state index in [2.05, 4.69) is 4.72 Å². The fraction of sp³-hybridized carbons (Fsp3) is 0.222. The lowest BCUT2D eigenvalue weighted by molar-refractivity contribution is 0.414. The first-order valence-corrected chi connectivity index (χ1v) is 9.20. The number of hydrogen-bond acceptors (Lipinski definition) is 5. The van der Waals surface area contributed by atoms with E-state index in [-0.39, 0.29) is 17.4 Å². The second kappa shape index (κ2) is 7.16. The summed E-state index contributed by atoms with van der Waals surface area (Å²) in [6.45, 7) is 1.85. The number of hydrogen-bond donors (Lipinski definition) is 1. The molecule has 0 bridgehead atoms. The van der Waals surface area contributed by atoms with Crippen LogP contribution in [0.1, 0.15) is 23.0 Å². The Kier molecular flexibility index (Phi) is 4.96. The quantitative estimate of drug-likeness (QED) is 0.698. The van der Waals surface area contributed by atoms with Gasteiger partial charge in [-0.25, -0.2) is 13.1 Å². The highest BCUT2D eigenvalue weighted by atomic mass is 32.2. The largest absolute Gasteiger partial charge is 0.497 e. The molecule has 0 atom stereocenters. The molecule has 0 spiro atoms. The van der Waals surface area contributed by atoms with Gasteiger partial charge in [0.15, 0.2) is 0 Å². The summed E-state index contributed by atoms with van der Waals surface area (Å²) >= 11 is 0. The van der Waals surface area contributed by atoms with Crippen molar-refractivity contribution < 1.29 is 22.0 Å². The predicted octanol–water partition coefficient (Wildman–Crippen LogP) is 3.30. The number of furan rings is 2. The van der Waals surface area contributed by atoms with Crippen LogP contribution in [0.2, 0.25) is 0 Å². The maximum atomic E-state index is 12.7. The first-order chi connectivity index (χ1) is 12.0. The molecule has 6 nitrogen and oxygen atoms in total. The van der Waals surface area contributed by atoms with Crippen molar-refractivity contribution in [2.24, 2.45) is 0 Å². The number of methoxy groups -OCH3 is 1. The molecule has 0 fully saturated rings. The van der Waals surface area contributed by atoms with Gasteiger partial charge in [0.1, 0.15) is 17.3 Å². The Morgan fingerprint density at radius 2 is 1.72 bits per heavy atom. The van der Waals surface area contributed by atoms with Gasteiger partial charge in [-0.1, -0.05) is 0 Å². The smallest absolute Gasteiger partial charge is 0.240 e. The standard InChI is InChI=1S/C18H19NO5S/c1-13-11-14(22-2)7-8-18(13)25(20,21)19-12-15(16-5-3-9-23-16)17-6-4-10-24-17/h3-11,15,19H,12H2,1-2H3. The lowest BCUT2D eigenvalue weighted by Gasteiger charge is -2.15. The lowest BCUT2D eigenvalue weighted by atomic mass is 10.0. The van der Waals surface area contributed by atoms with Crippen LogP contribution in [0.5, 0.6) is 5.75 Å². The monoisotopic (exact) mass is 361 g/mol. The van der Waals surface area contributed by atoms with Crippen molar-refractivity contribution in [1.29, 1.82) is 0 Å². The molecule has 7 heteroatoms. The van der Waals surface area contributed by atoms with E-state index in [4.69, 9.17) is 13.6 Å². The van der Waals surface area contributed by atoms with Crippen LogP contribution in [0, 0.1) is 6.92 Å². The van der Waals surface area contributed by atoms with Crippen molar-refractivity contribution in [2.45, 2.75) is 17.7 Å². The molecule has 3 aromatic rings. The van der Waals surface area contributed by atoms with Gasteiger partial charge in [-0.3, -0.25) is 0 Å². The first-order valence-electron chi connectivity index (χ1n) is 7.72. The van der Waals surface area contributed by atoms with Crippen molar-refractivity contribution in [3.8, 4) is 5.75 Å². The van der Waals surface area contributed by atoms with E-state index in [0.29, 0.717) is 22.8 Å². The van der Waals surface area contributed by atoms with E-state index < -0.39 is 10.0 Å². The molecule has 3 rings (SSSR count). The molecule has 0 unspecified atom stereocenters. The van der Waals surface area contributed by atoms with Gasteiger partial charge in [0.05, 0.1) is 30.4 Å². The molecule has 0 radical (unpaired) electrons. The summed E-state index contributed by atoms with van der Waals surface area (Å²) in [4.78, 5) is 0.214. The average Bonchev–Trinajstić information content (AvgIpc) is 3.28. The Labute approximate surface area is 146 Å². The Bertz CT molecular complexity index is 880. The molecule has 0 aliphatic rings. The van der Waals surface area contributed by atoms with Gasteiger partial charge in [-0.2, -0.15) is 0 Å². The number of nitrogens with one attached hydrogen (secondary N) is 1. The number of aryl methyl sites for hydroxylation is 1. The zero-order valence-corrected chi connectivity index (χ0v) is 14.7. The van der Waals surface area contributed by atoms with Gasteiger partial charge in [0, 0.05) is 6.54 Å². The topological polar surface area (TPSA) is 81.7 Å². The Hall–Kier alpha value is -2.51. The van der Waals surface area contributed by atoms with Crippen molar-refractivity contribution >= 4 is 10.0 Å². The highest BCUT2D eigenvalue weighted by molar-refractivity contribution is 7.89. The van der Waals surface area contributed by atoms with Crippen LogP contribution in [0.15, 0.2) is 68.7 Å². The molecular weight excluding hydrogens is 342 g/mol. The van der Waals surface area contributed by atoms with Crippen molar-refractivity contribution in [1.82, 2.24) is 4.72 Å². The van der Waals surface area contributed by atoms with Gasteiger partial charge < -0.3 is 13.6 Å². The van der Waals surface area contributed by atoms with Crippen molar-refractivity contribution in [3.05, 3.63) is 72.1 Å². The van der Waals surface area contributed by atoms with E-state index in [1.807, 2.05) is 0 Å².